The minimum atomic E-state index is 0. The van der Waals surface area contributed by atoms with Crippen molar-refractivity contribution >= 4 is 29.3 Å². The fourth-order valence-electron chi connectivity index (χ4n) is 3.53. The van der Waals surface area contributed by atoms with Gasteiger partial charge in [-0.25, -0.2) is 0 Å². The highest BCUT2D eigenvalue weighted by molar-refractivity contribution is 8.13. The van der Waals surface area contributed by atoms with Gasteiger partial charge in [0.25, 0.3) is 0 Å². The van der Waals surface area contributed by atoms with Crippen LogP contribution >= 0.6 is 24.2 Å². The minimum absolute atomic E-state index is 0. The fraction of sp³-hybridized carbons (Fsp3) is 0.208. The van der Waals surface area contributed by atoms with E-state index in [9.17, 15) is 0 Å². The van der Waals surface area contributed by atoms with Gasteiger partial charge in [-0.3, -0.25) is 4.99 Å². The van der Waals surface area contributed by atoms with Gasteiger partial charge in [-0.15, -0.1) is 12.4 Å². The molecule has 28 heavy (non-hydrogen) atoms. The molecule has 0 unspecified atom stereocenters. The number of amidine groups is 1. The van der Waals surface area contributed by atoms with Crippen LogP contribution in [-0.4, -0.2) is 5.17 Å². The summed E-state index contributed by atoms with van der Waals surface area (Å²) in [4.78, 5) is 5.05. The Balaban J connectivity index is 0.00000225. The molecule has 1 aliphatic rings. The molecule has 0 fully saturated rings. The zero-order valence-corrected chi connectivity index (χ0v) is 17.8. The highest BCUT2D eigenvalue weighted by atomic mass is 35.5. The first-order valence-corrected chi connectivity index (χ1v) is 10.3. The Bertz CT molecular complexity index is 941. The molecule has 0 radical (unpaired) electrons. The van der Waals surface area contributed by atoms with Gasteiger partial charge in [0.1, 0.15) is 6.04 Å². The predicted octanol–water partition coefficient (Wildman–Crippen LogP) is 6.40. The number of hydrogen-bond donors (Lipinski definition) is 1. The molecule has 3 aromatic rings. The molecule has 2 nitrogen and oxygen atoms in total. The van der Waals surface area contributed by atoms with E-state index in [4.69, 9.17) is 4.99 Å². The zero-order chi connectivity index (χ0) is 18.6. The van der Waals surface area contributed by atoms with Crippen molar-refractivity contribution in [3.8, 4) is 0 Å². The molecule has 4 rings (SSSR count). The number of nitrogens with one attached hydrogen (secondary N) is 1. The average Bonchev–Trinajstić information content (AvgIpc) is 3.13. The van der Waals surface area contributed by atoms with E-state index in [1.807, 2.05) is 0 Å². The van der Waals surface area contributed by atoms with Crippen molar-refractivity contribution in [1.82, 2.24) is 5.32 Å². The Kier molecular flexibility index (Phi) is 6.82. The van der Waals surface area contributed by atoms with Crippen LogP contribution in [-0.2, 0) is 5.75 Å². The van der Waals surface area contributed by atoms with Crippen LogP contribution in [0.4, 0.5) is 0 Å². The highest BCUT2D eigenvalue weighted by Crippen LogP contribution is 2.38. The predicted molar refractivity (Wildman–Crippen MR) is 123 cm³/mol. The van der Waals surface area contributed by atoms with E-state index >= 15 is 0 Å². The summed E-state index contributed by atoms with van der Waals surface area (Å²) in [7, 11) is 0. The summed E-state index contributed by atoms with van der Waals surface area (Å²) < 4.78 is 0. The quantitative estimate of drug-likeness (QED) is 0.540. The van der Waals surface area contributed by atoms with Crippen molar-refractivity contribution in [1.29, 1.82) is 0 Å². The van der Waals surface area contributed by atoms with E-state index in [0.29, 0.717) is 0 Å². The van der Waals surface area contributed by atoms with Crippen LogP contribution in [0.2, 0.25) is 0 Å². The van der Waals surface area contributed by atoms with Gasteiger partial charge in [-0.05, 0) is 36.1 Å². The SMILES string of the molecule is Cc1ccc(CSC2=N[C@H](c3ccccc3)[C@H](c3ccccc3)N2)c(C)c1.Cl. The van der Waals surface area contributed by atoms with Gasteiger partial charge < -0.3 is 5.32 Å². The maximum Gasteiger partial charge on any atom is 0.158 e. The molecule has 2 atom stereocenters. The molecule has 0 spiro atoms. The normalized spacial score (nSPS) is 18.1. The maximum atomic E-state index is 5.05. The summed E-state index contributed by atoms with van der Waals surface area (Å²) in [5.74, 6) is 0.932. The van der Waals surface area contributed by atoms with Crippen molar-refractivity contribution in [3.63, 3.8) is 0 Å². The molecule has 3 aromatic carbocycles. The number of nitrogens with zero attached hydrogens (tertiary/aromatic N) is 1. The van der Waals surface area contributed by atoms with Crippen molar-refractivity contribution in [2.24, 2.45) is 4.99 Å². The second kappa shape index (κ2) is 9.31. The summed E-state index contributed by atoms with van der Waals surface area (Å²) in [5, 5.41) is 4.70. The van der Waals surface area contributed by atoms with E-state index in [-0.39, 0.29) is 24.5 Å². The number of halogens is 1. The van der Waals surface area contributed by atoms with Crippen LogP contribution in [0.5, 0.6) is 0 Å². The summed E-state index contributed by atoms with van der Waals surface area (Å²) >= 11 is 1.79. The van der Waals surface area contributed by atoms with Gasteiger partial charge in [0.05, 0.1) is 6.04 Å². The average molecular weight is 409 g/mol. The molecule has 144 valence electrons. The van der Waals surface area contributed by atoms with Crippen LogP contribution in [0.3, 0.4) is 0 Å². The van der Waals surface area contributed by atoms with E-state index in [1.165, 1.54) is 27.8 Å². The second-order valence-electron chi connectivity index (χ2n) is 7.04. The van der Waals surface area contributed by atoms with Gasteiger partial charge in [0.15, 0.2) is 5.17 Å². The minimum Gasteiger partial charge on any atom is -0.356 e. The maximum absolute atomic E-state index is 5.05. The van der Waals surface area contributed by atoms with Gasteiger partial charge in [-0.2, -0.15) is 0 Å². The number of thioether (sulfide) groups is 1. The lowest BCUT2D eigenvalue weighted by Crippen LogP contribution is -2.22. The van der Waals surface area contributed by atoms with Crippen molar-refractivity contribution < 1.29 is 0 Å². The molecule has 0 bridgehead atoms. The zero-order valence-electron chi connectivity index (χ0n) is 16.1. The van der Waals surface area contributed by atoms with E-state index in [1.54, 1.807) is 11.8 Å². The number of benzene rings is 3. The van der Waals surface area contributed by atoms with Crippen LogP contribution in [0.1, 0.15) is 39.9 Å². The number of hydrogen-bond acceptors (Lipinski definition) is 3. The lowest BCUT2D eigenvalue weighted by molar-refractivity contribution is 0.573. The first kappa shape index (κ1) is 20.5. The van der Waals surface area contributed by atoms with E-state index in [0.717, 1.165) is 10.9 Å². The summed E-state index contributed by atoms with van der Waals surface area (Å²) in [6.45, 7) is 4.33. The molecule has 0 saturated heterocycles. The third-order valence-corrected chi connectivity index (χ3v) is 5.97. The smallest absolute Gasteiger partial charge is 0.158 e. The Hall–Kier alpha value is -2.23. The molecule has 0 aromatic heterocycles. The molecule has 1 heterocycles. The molecular weight excluding hydrogens is 384 g/mol. The summed E-state index contributed by atoms with van der Waals surface area (Å²) in [6, 6.07) is 28.2. The fourth-order valence-corrected chi connectivity index (χ4v) is 4.54. The molecule has 0 saturated carbocycles. The molecule has 0 amide bonds. The van der Waals surface area contributed by atoms with Crippen LogP contribution in [0.25, 0.3) is 0 Å². The van der Waals surface area contributed by atoms with Crippen molar-refractivity contribution in [3.05, 3.63) is 107 Å². The largest absolute Gasteiger partial charge is 0.356 e. The van der Waals surface area contributed by atoms with Gasteiger partial charge in [-0.1, -0.05) is 96.2 Å². The topological polar surface area (TPSA) is 24.4 Å². The molecular formula is C24H25ClN2S. The van der Waals surface area contributed by atoms with Crippen LogP contribution in [0, 0.1) is 13.8 Å². The molecule has 4 heteroatoms. The standard InChI is InChI=1S/C24H24N2S.ClH/c1-17-13-14-21(18(2)15-17)16-27-24-25-22(19-9-5-3-6-10-19)23(26-24)20-11-7-4-8-12-20;/h3-15,22-23H,16H2,1-2H3,(H,25,26);1H/t22-,23+;. The van der Waals surface area contributed by atoms with Crippen molar-refractivity contribution in [2.45, 2.75) is 31.7 Å². The first-order valence-electron chi connectivity index (χ1n) is 9.34. The van der Waals surface area contributed by atoms with Gasteiger partial charge in [0.2, 0.25) is 0 Å². The van der Waals surface area contributed by atoms with Crippen LogP contribution < -0.4 is 5.32 Å². The lowest BCUT2D eigenvalue weighted by atomic mass is 9.95. The Labute approximate surface area is 177 Å². The Morgan fingerprint density at radius 3 is 2.14 bits per heavy atom. The number of rotatable bonds is 4. The van der Waals surface area contributed by atoms with Crippen LogP contribution in [0.15, 0.2) is 83.9 Å². The van der Waals surface area contributed by atoms with E-state index < -0.39 is 0 Å². The summed E-state index contributed by atoms with van der Waals surface area (Å²) in [6.07, 6.45) is 0. The number of aliphatic imine (C=N–C) groups is 1. The Morgan fingerprint density at radius 1 is 0.857 bits per heavy atom. The van der Waals surface area contributed by atoms with Gasteiger partial charge in [0, 0.05) is 5.75 Å². The third-order valence-electron chi connectivity index (χ3n) is 5.01. The monoisotopic (exact) mass is 408 g/mol. The second-order valence-corrected chi connectivity index (χ2v) is 8.01. The number of aryl methyl sites for hydroxylation is 2. The Morgan fingerprint density at radius 2 is 1.50 bits per heavy atom. The first-order chi connectivity index (χ1) is 13.2. The lowest BCUT2D eigenvalue weighted by Gasteiger charge is -2.19. The summed E-state index contributed by atoms with van der Waals surface area (Å²) in [5.41, 5.74) is 6.55. The van der Waals surface area contributed by atoms with E-state index in [2.05, 4.69) is 98.0 Å². The van der Waals surface area contributed by atoms with Crippen molar-refractivity contribution in [2.75, 3.05) is 0 Å². The molecule has 0 aliphatic carbocycles. The highest BCUT2D eigenvalue weighted by Gasteiger charge is 2.31. The third kappa shape index (κ3) is 4.60. The van der Waals surface area contributed by atoms with Gasteiger partial charge >= 0.3 is 0 Å². The molecule has 1 aliphatic heterocycles. The molecule has 1 N–H and O–H groups in total.